The third-order valence-corrected chi connectivity index (χ3v) is 7.01. The zero-order chi connectivity index (χ0) is 20.3. The minimum Gasteiger partial charge on any atom is -0.348 e. The highest BCUT2D eigenvalue weighted by molar-refractivity contribution is 7.89. The highest BCUT2D eigenvalue weighted by Gasteiger charge is 2.31. The van der Waals surface area contributed by atoms with Crippen LogP contribution in [0.25, 0.3) is 0 Å². The van der Waals surface area contributed by atoms with Gasteiger partial charge in [-0.3, -0.25) is 4.79 Å². The Morgan fingerprint density at radius 1 is 1.00 bits per heavy atom. The van der Waals surface area contributed by atoms with Crippen LogP contribution >= 0.6 is 0 Å². The maximum atomic E-state index is 12.9. The fourth-order valence-corrected chi connectivity index (χ4v) is 5.40. The van der Waals surface area contributed by atoms with Crippen LogP contribution in [0.2, 0.25) is 0 Å². The fraction of sp³-hybridized carbons (Fsp3) is 0.409. The molecular formula is C22H28N2O3S. The Balaban J connectivity index is 1.66. The lowest BCUT2D eigenvalue weighted by Gasteiger charge is -2.34. The van der Waals surface area contributed by atoms with Crippen LogP contribution in [0.1, 0.15) is 41.8 Å². The van der Waals surface area contributed by atoms with Gasteiger partial charge in [0.05, 0.1) is 4.90 Å². The second kappa shape index (κ2) is 8.45. The van der Waals surface area contributed by atoms with Crippen LogP contribution in [0.5, 0.6) is 0 Å². The van der Waals surface area contributed by atoms with E-state index in [-0.39, 0.29) is 10.8 Å². The van der Waals surface area contributed by atoms with Crippen molar-refractivity contribution in [2.75, 3.05) is 13.1 Å². The molecule has 1 saturated heterocycles. The second-order valence-corrected chi connectivity index (χ2v) is 9.90. The number of hydrogen-bond donors (Lipinski definition) is 1. The summed E-state index contributed by atoms with van der Waals surface area (Å²) in [6, 6.07) is 14.2. The van der Waals surface area contributed by atoms with Crippen molar-refractivity contribution < 1.29 is 13.2 Å². The van der Waals surface area contributed by atoms with Crippen LogP contribution in [0.15, 0.2) is 53.4 Å². The molecule has 0 aromatic heterocycles. The van der Waals surface area contributed by atoms with E-state index in [0.717, 1.165) is 12.0 Å². The van der Waals surface area contributed by atoms with E-state index in [9.17, 15) is 13.2 Å². The third kappa shape index (κ3) is 4.80. The highest BCUT2D eigenvalue weighted by atomic mass is 32.2. The molecule has 28 heavy (non-hydrogen) atoms. The molecular weight excluding hydrogens is 372 g/mol. The number of piperidine rings is 1. The van der Waals surface area contributed by atoms with Crippen molar-refractivity contribution in [1.29, 1.82) is 0 Å². The first-order valence-electron chi connectivity index (χ1n) is 9.69. The molecule has 1 N–H and O–H groups in total. The smallest absolute Gasteiger partial charge is 0.251 e. The zero-order valence-corrected chi connectivity index (χ0v) is 17.5. The van der Waals surface area contributed by atoms with Crippen molar-refractivity contribution in [3.63, 3.8) is 0 Å². The lowest BCUT2D eigenvalue weighted by molar-refractivity contribution is 0.0951. The van der Waals surface area contributed by atoms with Gasteiger partial charge in [0.25, 0.3) is 5.91 Å². The summed E-state index contributed by atoms with van der Waals surface area (Å²) in [6.45, 7) is 7.71. The largest absolute Gasteiger partial charge is 0.348 e. The predicted octanol–water partition coefficient (Wildman–Crippen LogP) is 3.59. The van der Waals surface area contributed by atoms with Gasteiger partial charge in [0, 0.05) is 25.2 Å². The van der Waals surface area contributed by atoms with Crippen molar-refractivity contribution >= 4 is 15.9 Å². The van der Waals surface area contributed by atoms with Crippen molar-refractivity contribution in [2.45, 2.75) is 38.6 Å². The molecule has 1 fully saturated rings. The second-order valence-electron chi connectivity index (χ2n) is 7.96. The van der Waals surface area contributed by atoms with Gasteiger partial charge in [-0.25, -0.2) is 8.42 Å². The molecule has 2 aromatic rings. The third-order valence-electron chi connectivity index (χ3n) is 5.16. The molecule has 0 saturated carbocycles. The molecule has 0 bridgehead atoms. The van der Waals surface area contributed by atoms with Crippen LogP contribution in [0.3, 0.4) is 0 Å². The molecule has 2 atom stereocenters. The lowest BCUT2D eigenvalue weighted by atomic mass is 9.94. The van der Waals surface area contributed by atoms with Crippen LogP contribution in [-0.2, 0) is 16.6 Å². The van der Waals surface area contributed by atoms with Gasteiger partial charge in [-0.2, -0.15) is 4.31 Å². The van der Waals surface area contributed by atoms with E-state index in [0.29, 0.717) is 37.0 Å². The van der Waals surface area contributed by atoms with E-state index in [2.05, 4.69) is 19.2 Å². The molecule has 1 amide bonds. The zero-order valence-electron chi connectivity index (χ0n) is 16.7. The van der Waals surface area contributed by atoms with Crippen molar-refractivity contribution in [3.8, 4) is 0 Å². The summed E-state index contributed by atoms with van der Waals surface area (Å²) in [5.41, 5.74) is 2.64. The van der Waals surface area contributed by atoms with Gasteiger partial charge in [-0.1, -0.05) is 43.7 Å². The Hall–Kier alpha value is -2.18. The number of carbonyl (C=O) groups excluding carboxylic acids is 1. The number of amides is 1. The molecule has 0 spiro atoms. The Morgan fingerprint density at radius 3 is 2.14 bits per heavy atom. The first-order chi connectivity index (χ1) is 13.3. The van der Waals surface area contributed by atoms with Gasteiger partial charge in [0.15, 0.2) is 0 Å². The average Bonchev–Trinajstić information content (AvgIpc) is 2.66. The van der Waals surface area contributed by atoms with Crippen molar-refractivity contribution in [3.05, 3.63) is 65.2 Å². The molecule has 6 heteroatoms. The maximum Gasteiger partial charge on any atom is 0.251 e. The topological polar surface area (TPSA) is 66.5 Å². The van der Waals surface area contributed by atoms with Gasteiger partial charge in [-0.05, 0) is 55.0 Å². The molecule has 2 aromatic carbocycles. The molecule has 0 radical (unpaired) electrons. The van der Waals surface area contributed by atoms with E-state index < -0.39 is 10.0 Å². The molecule has 5 nitrogen and oxygen atoms in total. The predicted molar refractivity (Wildman–Crippen MR) is 110 cm³/mol. The number of hydrogen-bond acceptors (Lipinski definition) is 3. The Labute approximate surface area is 167 Å². The van der Waals surface area contributed by atoms with Gasteiger partial charge in [0.2, 0.25) is 10.0 Å². The summed E-state index contributed by atoms with van der Waals surface area (Å²) in [5, 5.41) is 2.87. The first-order valence-corrected chi connectivity index (χ1v) is 11.1. The van der Waals surface area contributed by atoms with Gasteiger partial charge < -0.3 is 5.32 Å². The number of aryl methyl sites for hydroxylation is 1. The lowest BCUT2D eigenvalue weighted by Crippen LogP contribution is -2.42. The molecule has 1 heterocycles. The highest BCUT2D eigenvalue weighted by Crippen LogP contribution is 2.26. The van der Waals surface area contributed by atoms with Crippen LogP contribution in [0.4, 0.5) is 0 Å². The van der Waals surface area contributed by atoms with Crippen LogP contribution in [-0.4, -0.2) is 31.7 Å². The van der Waals surface area contributed by atoms with Gasteiger partial charge in [-0.15, -0.1) is 0 Å². The van der Waals surface area contributed by atoms with E-state index in [4.69, 9.17) is 0 Å². The normalized spacial score (nSPS) is 20.7. The van der Waals surface area contributed by atoms with Crippen molar-refractivity contribution in [1.82, 2.24) is 9.62 Å². The molecule has 0 aliphatic carbocycles. The molecule has 150 valence electrons. The Kier molecular flexibility index (Phi) is 6.20. The van der Waals surface area contributed by atoms with E-state index in [1.165, 1.54) is 17.7 Å². The van der Waals surface area contributed by atoms with E-state index >= 15 is 0 Å². The number of nitrogens with one attached hydrogen (secondary N) is 1. The van der Waals surface area contributed by atoms with Gasteiger partial charge >= 0.3 is 0 Å². The molecule has 1 aliphatic heterocycles. The van der Waals surface area contributed by atoms with Crippen LogP contribution in [0, 0.1) is 18.8 Å². The Morgan fingerprint density at radius 2 is 1.57 bits per heavy atom. The van der Waals surface area contributed by atoms with Crippen molar-refractivity contribution in [2.24, 2.45) is 11.8 Å². The summed E-state index contributed by atoms with van der Waals surface area (Å²) in [6.07, 6.45) is 1.05. The number of benzene rings is 2. The van der Waals surface area contributed by atoms with E-state index in [1.807, 2.05) is 31.2 Å². The Bertz CT molecular complexity index is 911. The average molecular weight is 401 g/mol. The SMILES string of the molecule is Cc1ccc(CNC(=O)c2ccc(S(=O)(=O)N3CC(C)CC(C)C3)cc2)cc1. The fourth-order valence-electron chi connectivity index (χ4n) is 3.72. The summed E-state index contributed by atoms with van der Waals surface area (Å²) in [7, 11) is -3.53. The van der Waals surface area contributed by atoms with E-state index in [1.54, 1.807) is 16.4 Å². The molecule has 3 rings (SSSR count). The number of rotatable bonds is 5. The monoisotopic (exact) mass is 400 g/mol. The summed E-state index contributed by atoms with van der Waals surface area (Å²) >= 11 is 0. The first kappa shape index (κ1) is 20.6. The number of sulfonamides is 1. The number of carbonyl (C=O) groups is 1. The summed E-state index contributed by atoms with van der Waals surface area (Å²) in [5.74, 6) is 0.487. The molecule has 2 unspecified atom stereocenters. The standard InChI is InChI=1S/C22H28N2O3S/c1-16-4-6-19(7-5-16)13-23-22(25)20-8-10-21(11-9-20)28(26,27)24-14-17(2)12-18(3)15-24/h4-11,17-18H,12-15H2,1-3H3,(H,23,25). The minimum atomic E-state index is -3.53. The maximum absolute atomic E-state index is 12.9. The minimum absolute atomic E-state index is 0.218. The van der Waals surface area contributed by atoms with Crippen LogP contribution < -0.4 is 5.32 Å². The summed E-state index contributed by atoms with van der Waals surface area (Å²) < 4.78 is 27.4. The molecule has 1 aliphatic rings. The van der Waals surface area contributed by atoms with Gasteiger partial charge in [0.1, 0.15) is 0 Å². The summed E-state index contributed by atoms with van der Waals surface area (Å²) in [4.78, 5) is 12.6. The quantitative estimate of drug-likeness (QED) is 0.834. The number of nitrogens with zero attached hydrogens (tertiary/aromatic N) is 1.